The molecule has 21 heavy (non-hydrogen) atoms. The van der Waals surface area contributed by atoms with Crippen LogP contribution in [0.1, 0.15) is 38.2 Å². The first-order valence-corrected chi connectivity index (χ1v) is 9.07. The summed E-state index contributed by atoms with van der Waals surface area (Å²) in [7, 11) is -2.17. The predicted molar refractivity (Wildman–Crippen MR) is 84.5 cm³/mol. The quantitative estimate of drug-likeness (QED) is 0.918. The van der Waals surface area contributed by atoms with Crippen LogP contribution in [0.4, 0.5) is 0 Å². The lowest BCUT2D eigenvalue weighted by Crippen LogP contribution is -2.41. The van der Waals surface area contributed by atoms with Gasteiger partial charge in [0.15, 0.2) is 0 Å². The van der Waals surface area contributed by atoms with Crippen LogP contribution >= 0.6 is 11.6 Å². The summed E-state index contributed by atoms with van der Waals surface area (Å²) < 4.78 is 33.3. The first-order valence-electron chi connectivity index (χ1n) is 7.21. The van der Waals surface area contributed by atoms with Gasteiger partial charge in [-0.15, -0.1) is 0 Å². The molecule has 0 aliphatic heterocycles. The minimum atomic E-state index is -3.63. The summed E-state index contributed by atoms with van der Waals surface area (Å²) >= 11 is 6.07. The largest absolute Gasteiger partial charge is 0.495 e. The highest BCUT2D eigenvalue weighted by atomic mass is 35.5. The Hall–Kier alpha value is -0.780. The molecule has 0 radical (unpaired) electrons. The van der Waals surface area contributed by atoms with E-state index in [1.807, 2.05) is 6.92 Å². The highest BCUT2D eigenvalue weighted by Crippen LogP contribution is 2.31. The Kier molecular flexibility index (Phi) is 5.17. The van der Waals surface area contributed by atoms with Gasteiger partial charge in [0.25, 0.3) is 0 Å². The number of hydrogen-bond acceptors (Lipinski definition) is 3. The maximum atomic E-state index is 12.6. The Balaban J connectivity index is 2.33. The van der Waals surface area contributed by atoms with E-state index in [9.17, 15) is 8.42 Å². The van der Waals surface area contributed by atoms with Crippen molar-refractivity contribution in [3.8, 4) is 5.75 Å². The van der Waals surface area contributed by atoms with Crippen molar-refractivity contribution in [2.75, 3.05) is 7.11 Å². The zero-order valence-electron chi connectivity index (χ0n) is 12.6. The summed E-state index contributed by atoms with van der Waals surface area (Å²) in [4.78, 5) is 0.110. The minimum Gasteiger partial charge on any atom is -0.495 e. The molecular formula is C15H22ClNO3S. The van der Waals surface area contributed by atoms with Crippen LogP contribution in [-0.2, 0) is 10.0 Å². The van der Waals surface area contributed by atoms with Crippen molar-refractivity contribution in [2.45, 2.75) is 50.5 Å². The van der Waals surface area contributed by atoms with Crippen LogP contribution < -0.4 is 9.46 Å². The molecule has 0 aromatic heterocycles. The molecule has 1 aromatic rings. The van der Waals surface area contributed by atoms with Crippen molar-refractivity contribution in [3.63, 3.8) is 0 Å². The second kappa shape index (κ2) is 6.55. The summed E-state index contributed by atoms with van der Waals surface area (Å²) in [6, 6.07) is 3.10. The Morgan fingerprint density at radius 3 is 2.57 bits per heavy atom. The van der Waals surface area contributed by atoms with Gasteiger partial charge < -0.3 is 4.74 Å². The van der Waals surface area contributed by atoms with Crippen molar-refractivity contribution >= 4 is 21.6 Å². The number of nitrogens with one attached hydrogen (secondary N) is 1. The number of aryl methyl sites for hydroxylation is 1. The third-order valence-corrected chi connectivity index (χ3v) is 6.07. The summed E-state index contributed by atoms with van der Waals surface area (Å²) in [5.41, 5.74) is 0.790. The van der Waals surface area contributed by atoms with Crippen molar-refractivity contribution in [2.24, 2.45) is 5.92 Å². The van der Waals surface area contributed by atoms with Gasteiger partial charge in [-0.1, -0.05) is 31.4 Å². The molecule has 0 bridgehead atoms. The lowest BCUT2D eigenvalue weighted by atomic mass is 9.87. The molecule has 1 fully saturated rings. The van der Waals surface area contributed by atoms with Gasteiger partial charge in [0, 0.05) is 11.1 Å². The van der Waals surface area contributed by atoms with E-state index in [0.717, 1.165) is 24.8 Å². The van der Waals surface area contributed by atoms with E-state index < -0.39 is 10.0 Å². The van der Waals surface area contributed by atoms with Crippen LogP contribution in [0.5, 0.6) is 5.75 Å². The smallest absolute Gasteiger partial charge is 0.244 e. The number of ether oxygens (including phenoxy) is 1. The van der Waals surface area contributed by atoms with Crippen molar-refractivity contribution < 1.29 is 13.2 Å². The topological polar surface area (TPSA) is 55.4 Å². The number of hydrogen-bond donors (Lipinski definition) is 1. The van der Waals surface area contributed by atoms with Crippen LogP contribution in [0, 0.1) is 12.8 Å². The lowest BCUT2D eigenvalue weighted by molar-refractivity contribution is 0.310. The monoisotopic (exact) mass is 331 g/mol. The second-order valence-corrected chi connectivity index (χ2v) is 7.83. The Morgan fingerprint density at radius 2 is 1.95 bits per heavy atom. The Bertz CT molecular complexity index is 616. The van der Waals surface area contributed by atoms with Gasteiger partial charge in [0.1, 0.15) is 10.6 Å². The molecule has 0 spiro atoms. The fourth-order valence-corrected chi connectivity index (χ4v) is 4.54. The lowest BCUT2D eigenvalue weighted by Gasteiger charge is -2.29. The van der Waals surface area contributed by atoms with Gasteiger partial charge in [-0.05, 0) is 43.4 Å². The second-order valence-electron chi connectivity index (χ2n) is 5.74. The summed E-state index contributed by atoms with van der Waals surface area (Å²) in [6.07, 6.45) is 4.16. The standard InChI is InChI=1S/C15H22ClNO3S/c1-10-6-4-5-7-13(10)17-21(18,19)15-9-12(16)11(2)8-14(15)20-3/h8-10,13,17H,4-7H2,1-3H3/t10-,13-/m1/s1. The SMILES string of the molecule is COc1cc(C)c(Cl)cc1S(=O)(=O)N[C@@H]1CCCC[C@H]1C. The number of benzene rings is 1. The molecule has 118 valence electrons. The first kappa shape index (κ1) is 16.6. The Labute approximate surface area is 131 Å². The van der Waals surface area contributed by atoms with E-state index in [0.29, 0.717) is 16.7 Å². The molecule has 1 aliphatic rings. The van der Waals surface area contributed by atoms with E-state index in [-0.39, 0.29) is 10.9 Å². The molecule has 2 atom stereocenters. The van der Waals surface area contributed by atoms with Gasteiger partial charge in [-0.2, -0.15) is 0 Å². The number of sulfonamides is 1. The normalized spacial score (nSPS) is 23.0. The zero-order chi connectivity index (χ0) is 15.6. The molecule has 0 unspecified atom stereocenters. The van der Waals surface area contributed by atoms with Gasteiger partial charge in [0.2, 0.25) is 10.0 Å². The first-order chi connectivity index (χ1) is 9.85. The van der Waals surface area contributed by atoms with Crippen LogP contribution in [0.15, 0.2) is 17.0 Å². The van der Waals surface area contributed by atoms with Crippen LogP contribution in [0.3, 0.4) is 0 Å². The molecule has 0 saturated heterocycles. The molecular weight excluding hydrogens is 310 g/mol. The van der Waals surface area contributed by atoms with Crippen LogP contribution in [0.25, 0.3) is 0 Å². The van der Waals surface area contributed by atoms with E-state index in [1.54, 1.807) is 6.07 Å². The third kappa shape index (κ3) is 3.71. The molecule has 1 aromatic carbocycles. The fourth-order valence-electron chi connectivity index (χ4n) is 2.76. The number of methoxy groups -OCH3 is 1. The molecule has 1 N–H and O–H groups in total. The van der Waals surface area contributed by atoms with E-state index in [4.69, 9.17) is 16.3 Å². The molecule has 2 rings (SSSR count). The highest BCUT2D eigenvalue weighted by Gasteiger charge is 2.29. The maximum absolute atomic E-state index is 12.6. The molecule has 1 aliphatic carbocycles. The van der Waals surface area contributed by atoms with E-state index in [2.05, 4.69) is 11.6 Å². The summed E-state index contributed by atoms with van der Waals surface area (Å²) in [5.74, 6) is 0.674. The summed E-state index contributed by atoms with van der Waals surface area (Å²) in [5, 5.41) is 0.424. The maximum Gasteiger partial charge on any atom is 0.244 e. The molecule has 1 saturated carbocycles. The average molecular weight is 332 g/mol. The van der Waals surface area contributed by atoms with Crippen molar-refractivity contribution in [1.82, 2.24) is 4.72 Å². The number of halogens is 1. The van der Waals surface area contributed by atoms with Crippen LogP contribution in [-0.4, -0.2) is 21.6 Å². The fraction of sp³-hybridized carbons (Fsp3) is 0.600. The van der Waals surface area contributed by atoms with Gasteiger partial charge in [-0.3, -0.25) is 0 Å². The Morgan fingerprint density at radius 1 is 1.29 bits per heavy atom. The van der Waals surface area contributed by atoms with E-state index >= 15 is 0 Å². The molecule has 0 amide bonds. The summed E-state index contributed by atoms with van der Waals surface area (Å²) in [6.45, 7) is 3.91. The van der Waals surface area contributed by atoms with Crippen molar-refractivity contribution in [3.05, 3.63) is 22.7 Å². The predicted octanol–water partition coefficient (Wildman–Crippen LogP) is 3.51. The van der Waals surface area contributed by atoms with Crippen LogP contribution in [0.2, 0.25) is 5.02 Å². The zero-order valence-corrected chi connectivity index (χ0v) is 14.2. The van der Waals surface area contributed by atoms with Gasteiger partial charge in [0.05, 0.1) is 7.11 Å². The number of rotatable bonds is 4. The molecule has 0 heterocycles. The third-order valence-electron chi connectivity index (χ3n) is 4.15. The minimum absolute atomic E-state index is 0.0199. The molecule has 6 heteroatoms. The average Bonchev–Trinajstić information content (AvgIpc) is 2.43. The van der Waals surface area contributed by atoms with Gasteiger partial charge in [-0.25, -0.2) is 13.1 Å². The van der Waals surface area contributed by atoms with E-state index in [1.165, 1.54) is 19.6 Å². The molecule has 4 nitrogen and oxygen atoms in total. The van der Waals surface area contributed by atoms with Crippen molar-refractivity contribution in [1.29, 1.82) is 0 Å². The van der Waals surface area contributed by atoms with Gasteiger partial charge >= 0.3 is 0 Å². The highest BCUT2D eigenvalue weighted by molar-refractivity contribution is 7.89.